The van der Waals surface area contributed by atoms with E-state index < -0.39 is 0 Å². The van der Waals surface area contributed by atoms with E-state index in [0.29, 0.717) is 5.82 Å². The van der Waals surface area contributed by atoms with Crippen LogP contribution in [0.1, 0.15) is 24.5 Å². The minimum Gasteiger partial charge on any atom is -0.323 e. The van der Waals surface area contributed by atoms with Gasteiger partial charge >= 0.3 is 0 Å². The third kappa shape index (κ3) is 1.48. The molecule has 0 aliphatic heterocycles. The van der Waals surface area contributed by atoms with Gasteiger partial charge in [0.2, 0.25) is 0 Å². The molecule has 1 aromatic rings. The van der Waals surface area contributed by atoms with Crippen LogP contribution in [0.15, 0.2) is 6.20 Å². The lowest BCUT2D eigenvalue weighted by Gasteiger charge is -2.00. The number of nitrogens with zero attached hydrogens (tertiary/aromatic N) is 3. The Morgan fingerprint density at radius 3 is 2.60 bits per heavy atom. The van der Waals surface area contributed by atoms with Crippen LogP contribution in [0, 0.1) is 6.92 Å². The molecular weight excluding hydrogens is 128 g/mol. The number of hydrogen-bond donors (Lipinski definition) is 1. The van der Waals surface area contributed by atoms with Crippen LogP contribution in [0.5, 0.6) is 0 Å². The number of nitrogens with two attached hydrogens (primary N) is 1. The van der Waals surface area contributed by atoms with Crippen molar-refractivity contribution >= 4 is 0 Å². The molecule has 0 aliphatic carbocycles. The van der Waals surface area contributed by atoms with Crippen molar-refractivity contribution in [3.8, 4) is 0 Å². The molecule has 4 heteroatoms. The lowest BCUT2D eigenvalue weighted by Crippen LogP contribution is -2.09. The second-order valence-electron chi connectivity index (χ2n) is 2.22. The van der Waals surface area contributed by atoms with Crippen LogP contribution < -0.4 is 5.73 Å². The molecule has 1 unspecified atom stereocenters. The fourth-order valence-corrected chi connectivity index (χ4v) is 0.550. The van der Waals surface area contributed by atoms with Crippen LogP contribution in [0.3, 0.4) is 0 Å². The Bertz CT molecular complexity index is 203. The number of aromatic nitrogens is 3. The Hall–Kier alpha value is -1.03. The molecule has 1 atom stereocenters. The molecule has 0 radical (unpaired) electrons. The van der Waals surface area contributed by atoms with Gasteiger partial charge in [0.05, 0.1) is 11.9 Å². The van der Waals surface area contributed by atoms with Gasteiger partial charge in [-0.05, 0) is 13.8 Å². The minimum absolute atomic E-state index is 0.0828. The Labute approximate surface area is 59.5 Å². The van der Waals surface area contributed by atoms with Crippen molar-refractivity contribution in [2.75, 3.05) is 0 Å². The summed E-state index contributed by atoms with van der Waals surface area (Å²) < 4.78 is 0. The Morgan fingerprint density at radius 2 is 2.20 bits per heavy atom. The van der Waals surface area contributed by atoms with Gasteiger partial charge < -0.3 is 5.73 Å². The molecule has 0 aromatic carbocycles. The first-order valence-corrected chi connectivity index (χ1v) is 3.12. The van der Waals surface area contributed by atoms with Crippen molar-refractivity contribution < 1.29 is 0 Å². The van der Waals surface area contributed by atoms with E-state index >= 15 is 0 Å². The van der Waals surface area contributed by atoms with E-state index in [1.54, 1.807) is 13.1 Å². The van der Waals surface area contributed by atoms with Gasteiger partial charge in [-0.1, -0.05) is 0 Å². The summed E-state index contributed by atoms with van der Waals surface area (Å²) in [5, 5.41) is 7.60. The quantitative estimate of drug-likeness (QED) is 0.602. The lowest BCUT2D eigenvalue weighted by molar-refractivity contribution is 0.726. The molecule has 0 spiro atoms. The van der Waals surface area contributed by atoms with Crippen molar-refractivity contribution in [2.45, 2.75) is 19.9 Å². The highest BCUT2D eigenvalue weighted by Crippen LogP contribution is 2.00. The van der Waals surface area contributed by atoms with E-state index in [2.05, 4.69) is 15.2 Å². The highest BCUT2D eigenvalue weighted by molar-refractivity contribution is 4.97. The van der Waals surface area contributed by atoms with Crippen LogP contribution in [0.4, 0.5) is 0 Å². The van der Waals surface area contributed by atoms with Crippen molar-refractivity contribution in [1.29, 1.82) is 0 Å². The molecule has 0 saturated carbocycles. The Balaban J connectivity index is 2.89. The molecule has 54 valence electrons. The van der Waals surface area contributed by atoms with Crippen LogP contribution in [0.25, 0.3) is 0 Å². The van der Waals surface area contributed by atoms with Gasteiger partial charge in [-0.25, -0.2) is 4.98 Å². The van der Waals surface area contributed by atoms with Gasteiger partial charge in [0, 0.05) is 6.04 Å². The van der Waals surface area contributed by atoms with Gasteiger partial charge in [-0.3, -0.25) is 0 Å². The summed E-state index contributed by atoms with van der Waals surface area (Å²) in [5.74, 6) is 0.671. The zero-order valence-electron chi connectivity index (χ0n) is 6.07. The molecule has 10 heavy (non-hydrogen) atoms. The maximum absolute atomic E-state index is 5.52. The zero-order valence-corrected chi connectivity index (χ0v) is 6.07. The Morgan fingerprint density at radius 1 is 1.50 bits per heavy atom. The molecule has 0 bridgehead atoms. The predicted molar refractivity (Wildman–Crippen MR) is 37.2 cm³/mol. The third-order valence-corrected chi connectivity index (χ3v) is 1.16. The van der Waals surface area contributed by atoms with Crippen molar-refractivity contribution in [1.82, 2.24) is 15.2 Å². The van der Waals surface area contributed by atoms with E-state index in [-0.39, 0.29) is 6.04 Å². The van der Waals surface area contributed by atoms with Crippen molar-refractivity contribution in [3.63, 3.8) is 0 Å². The molecule has 1 aromatic heterocycles. The first kappa shape index (κ1) is 7.08. The molecular formula is C6H10N4. The van der Waals surface area contributed by atoms with Crippen molar-refractivity contribution in [3.05, 3.63) is 17.7 Å². The maximum Gasteiger partial charge on any atom is 0.147 e. The molecule has 2 N–H and O–H groups in total. The van der Waals surface area contributed by atoms with Crippen molar-refractivity contribution in [2.24, 2.45) is 5.73 Å². The highest BCUT2D eigenvalue weighted by atomic mass is 15.2. The summed E-state index contributed by atoms with van der Waals surface area (Å²) in [4.78, 5) is 3.95. The first-order valence-electron chi connectivity index (χ1n) is 3.12. The topological polar surface area (TPSA) is 64.7 Å². The summed E-state index contributed by atoms with van der Waals surface area (Å²) in [6.07, 6.45) is 1.65. The number of aryl methyl sites for hydroxylation is 1. The van der Waals surface area contributed by atoms with Gasteiger partial charge in [0.25, 0.3) is 0 Å². The van der Waals surface area contributed by atoms with E-state index in [0.717, 1.165) is 5.69 Å². The normalized spacial score (nSPS) is 13.1. The second-order valence-corrected chi connectivity index (χ2v) is 2.22. The van der Waals surface area contributed by atoms with E-state index in [1.807, 2.05) is 6.92 Å². The standard InChI is InChI=1S/C6H10N4/c1-4(7)6-3-8-5(2)9-10-6/h3-4H,7H2,1-2H3. The smallest absolute Gasteiger partial charge is 0.147 e. The van der Waals surface area contributed by atoms with Gasteiger partial charge in [-0.2, -0.15) is 5.10 Å². The molecule has 4 nitrogen and oxygen atoms in total. The van der Waals surface area contributed by atoms with E-state index in [4.69, 9.17) is 5.73 Å². The Kier molecular flexibility index (Phi) is 1.91. The SMILES string of the molecule is Cc1ncc(C(C)N)nn1. The van der Waals surface area contributed by atoms with Gasteiger partial charge in [0.1, 0.15) is 5.82 Å². The summed E-state index contributed by atoms with van der Waals surface area (Å²) in [5.41, 5.74) is 6.25. The monoisotopic (exact) mass is 138 g/mol. The fraction of sp³-hybridized carbons (Fsp3) is 0.500. The summed E-state index contributed by atoms with van der Waals surface area (Å²) >= 11 is 0. The molecule has 0 amide bonds. The lowest BCUT2D eigenvalue weighted by atomic mass is 10.3. The largest absolute Gasteiger partial charge is 0.323 e. The van der Waals surface area contributed by atoms with E-state index in [1.165, 1.54) is 0 Å². The van der Waals surface area contributed by atoms with Crippen LogP contribution in [-0.4, -0.2) is 15.2 Å². The van der Waals surface area contributed by atoms with Gasteiger partial charge in [0.15, 0.2) is 0 Å². The molecule has 1 rings (SSSR count). The highest BCUT2D eigenvalue weighted by Gasteiger charge is 1.99. The fourth-order valence-electron chi connectivity index (χ4n) is 0.550. The number of rotatable bonds is 1. The third-order valence-electron chi connectivity index (χ3n) is 1.16. The van der Waals surface area contributed by atoms with E-state index in [9.17, 15) is 0 Å². The maximum atomic E-state index is 5.52. The minimum atomic E-state index is -0.0828. The van der Waals surface area contributed by atoms with Crippen LogP contribution >= 0.6 is 0 Å². The van der Waals surface area contributed by atoms with Crippen LogP contribution in [0.2, 0.25) is 0 Å². The molecule has 0 saturated heterocycles. The first-order chi connectivity index (χ1) is 4.70. The molecule has 1 heterocycles. The average molecular weight is 138 g/mol. The van der Waals surface area contributed by atoms with Gasteiger partial charge in [-0.15, -0.1) is 5.10 Å². The summed E-state index contributed by atoms with van der Waals surface area (Å²) in [6, 6.07) is -0.0828. The number of hydrogen-bond acceptors (Lipinski definition) is 4. The molecule has 0 aliphatic rings. The second kappa shape index (κ2) is 2.70. The zero-order chi connectivity index (χ0) is 7.56. The van der Waals surface area contributed by atoms with Crippen LogP contribution in [-0.2, 0) is 0 Å². The average Bonchev–Trinajstić information content (AvgIpc) is 1.88. The summed E-state index contributed by atoms with van der Waals surface area (Å²) in [7, 11) is 0. The predicted octanol–water partition coefficient (Wildman–Crippen LogP) is 0.200. The molecule has 0 fully saturated rings. The summed E-state index contributed by atoms with van der Waals surface area (Å²) in [6.45, 7) is 3.64.